The normalized spacial score (nSPS) is 20.0. The van der Waals surface area contributed by atoms with Gasteiger partial charge in [-0.25, -0.2) is 4.99 Å². The molecule has 0 radical (unpaired) electrons. The maximum Gasteiger partial charge on any atom is 0.284 e. The second kappa shape index (κ2) is 7.28. The third-order valence-corrected chi connectivity index (χ3v) is 5.10. The molecule has 0 unspecified atom stereocenters. The van der Waals surface area contributed by atoms with E-state index < -0.39 is 0 Å². The molecule has 1 aromatic rings. The number of amides is 1. The molecule has 0 spiro atoms. The molecule has 1 aromatic carbocycles. The molecule has 3 aliphatic heterocycles. The van der Waals surface area contributed by atoms with Crippen LogP contribution in [0, 0.1) is 0 Å². The zero-order chi connectivity index (χ0) is 17.1. The summed E-state index contributed by atoms with van der Waals surface area (Å²) < 4.78 is 5.88. The highest BCUT2D eigenvalue weighted by atomic mass is 32.2. The van der Waals surface area contributed by atoms with Gasteiger partial charge in [0.25, 0.3) is 5.91 Å². The minimum atomic E-state index is -0.362. The van der Waals surface area contributed by atoms with Crippen molar-refractivity contribution in [1.82, 2.24) is 4.90 Å². The van der Waals surface area contributed by atoms with Gasteiger partial charge in [0.1, 0.15) is 30.0 Å². The summed E-state index contributed by atoms with van der Waals surface area (Å²) in [6.07, 6.45) is 1.21. The van der Waals surface area contributed by atoms with Crippen molar-refractivity contribution in [2.45, 2.75) is 0 Å². The molecular formula is C17H17N5O2S. The number of azo groups is 1. The predicted octanol–water partition coefficient (Wildman–Crippen LogP) is 2.26. The van der Waals surface area contributed by atoms with Crippen LogP contribution in [0.1, 0.15) is 5.56 Å². The van der Waals surface area contributed by atoms with E-state index >= 15 is 0 Å². The summed E-state index contributed by atoms with van der Waals surface area (Å²) in [6.45, 7) is 3.80. The fourth-order valence-corrected chi connectivity index (χ4v) is 3.82. The highest BCUT2D eigenvalue weighted by molar-refractivity contribution is 7.99. The molecule has 1 amide bonds. The van der Waals surface area contributed by atoms with Crippen molar-refractivity contribution in [3.05, 3.63) is 35.4 Å². The standard InChI is InChI=1S/C17H17N5O2S/c23-17-14-15(20-21-16(14)18-11-19-17)12-2-1-3-13(10-12)24-7-4-22-5-8-25-9-6-22/h1-3,10-11H,4-9H2. The van der Waals surface area contributed by atoms with Gasteiger partial charge in [0.15, 0.2) is 5.84 Å². The second-order valence-electron chi connectivity index (χ2n) is 5.76. The fraction of sp³-hybridized carbons (Fsp3) is 0.353. The van der Waals surface area contributed by atoms with E-state index in [0.717, 1.165) is 30.9 Å². The van der Waals surface area contributed by atoms with Crippen LogP contribution in [0.3, 0.4) is 0 Å². The summed E-state index contributed by atoms with van der Waals surface area (Å²) >= 11 is 2.00. The average Bonchev–Trinajstić information content (AvgIpc) is 3.09. The Balaban J connectivity index is 1.46. The summed E-state index contributed by atoms with van der Waals surface area (Å²) in [5, 5.41) is 8.06. The molecule has 0 aromatic heterocycles. The molecule has 25 heavy (non-hydrogen) atoms. The van der Waals surface area contributed by atoms with Gasteiger partial charge >= 0.3 is 0 Å². The van der Waals surface area contributed by atoms with E-state index in [1.165, 1.54) is 17.8 Å². The first-order chi connectivity index (χ1) is 12.3. The Bertz CT molecular complexity index is 809. The van der Waals surface area contributed by atoms with Gasteiger partial charge in [0, 0.05) is 36.7 Å². The van der Waals surface area contributed by atoms with E-state index in [1.807, 2.05) is 36.0 Å². The van der Waals surface area contributed by atoms with Crippen LogP contribution < -0.4 is 4.74 Å². The summed E-state index contributed by atoms with van der Waals surface area (Å²) in [7, 11) is 0. The number of amidine groups is 1. The molecule has 0 atom stereocenters. The van der Waals surface area contributed by atoms with E-state index in [-0.39, 0.29) is 5.91 Å². The number of carbonyl (C=O) groups excluding carboxylic acids is 1. The van der Waals surface area contributed by atoms with Gasteiger partial charge in [0.05, 0.1) is 0 Å². The van der Waals surface area contributed by atoms with Crippen LogP contribution in [0.5, 0.6) is 5.75 Å². The molecule has 3 aliphatic rings. The van der Waals surface area contributed by atoms with Crippen molar-refractivity contribution in [3.63, 3.8) is 0 Å². The third-order valence-electron chi connectivity index (χ3n) is 4.16. The molecule has 0 bridgehead atoms. The number of aliphatic imine (C=N–C) groups is 2. The highest BCUT2D eigenvalue weighted by Crippen LogP contribution is 2.31. The minimum Gasteiger partial charge on any atom is -0.492 e. The lowest BCUT2D eigenvalue weighted by Gasteiger charge is -2.25. The molecule has 1 fully saturated rings. The van der Waals surface area contributed by atoms with E-state index in [0.29, 0.717) is 23.7 Å². The number of hydrogen-bond donors (Lipinski definition) is 0. The van der Waals surface area contributed by atoms with Crippen molar-refractivity contribution >= 4 is 35.5 Å². The van der Waals surface area contributed by atoms with Crippen molar-refractivity contribution in [2.75, 3.05) is 37.7 Å². The zero-order valence-corrected chi connectivity index (χ0v) is 14.4. The Morgan fingerprint density at radius 1 is 1.20 bits per heavy atom. The molecule has 128 valence electrons. The zero-order valence-electron chi connectivity index (χ0n) is 13.6. The van der Waals surface area contributed by atoms with Crippen LogP contribution in [-0.4, -0.2) is 60.7 Å². The van der Waals surface area contributed by atoms with Gasteiger partial charge in [-0.3, -0.25) is 9.69 Å². The van der Waals surface area contributed by atoms with Crippen molar-refractivity contribution < 1.29 is 9.53 Å². The molecule has 7 nitrogen and oxygen atoms in total. The van der Waals surface area contributed by atoms with Crippen LogP contribution in [-0.2, 0) is 4.79 Å². The van der Waals surface area contributed by atoms with E-state index in [1.54, 1.807) is 0 Å². The molecule has 8 heteroatoms. The minimum absolute atomic E-state index is 0.323. The Labute approximate surface area is 149 Å². The van der Waals surface area contributed by atoms with Crippen molar-refractivity contribution in [1.29, 1.82) is 0 Å². The number of ether oxygens (including phenoxy) is 1. The molecule has 0 N–H and O–H groups in total. The first kappa shape index (κ1) is 16.2. The molecule has 1 saturated heterocycles. The molecule has 4 rings (SSSR count). The lowest BCUT2D eigenvalue weighted by Crippen LogP contribution is -2.35. The molecule has 0 saturated carbocycles. The Morgan fingerprint density at radius 2 is 2.08 bits per heavy atom. The number of carbonyl (C=O) groups is 1. The lowest BCUT2D eigenvalue weighted by molar-refractivity contribution is -0.113. The van der Waals surface area contributed by atoms with Gasteiger partial charge in [0.2, 0.25) is 0 Å². The number of benzene rings is 1. The van der Waals surface area contributed by atoms with E-state index in [2.05, 4.69) is 25.1 Å². The van der Waals surface area contributed by atoms with Gasteiger partial charge in [-0.05, 0) is 12.1 Å². The van der Waals surface area contributed by atoms with Crippen LogP contribution in [0.4, 0.5) is 0 Å². The smallest absolute Gasteiger partial charge is 0.284 e. The van der Waals surface area contributed by atoms with Crippen molar-refractivity contribution in [3.8, 4) is 5.75 Å². The van der Waals surface area contributed by atoms with Crippen LogP contribution in [0.15, 0.2) is 50.1 Å². The van der Waals surface area contributed by atoms with E-state index in [4.69, 9.17) is 4.74 Å². The Morgan fingerprint density at radius 3 is 2.96 bits per heavy atom. The Kier molecular flexibility index (Phi) is 4.71. The van der Waals surface area contributed by atoms with E-state index in [9.17, 15) is 4.79 Å². The summed E-state index contributed by atoms with van der Waals surface area (Å²) in [5.41, 5.74) is 1.63. The van der Waals surface area contributed by atoms with Crippen LogP contribution >= 0.6 is 11.8 Å². The quantitative estimate of drug-likeness (QED) is 0.811. The summed E-state index contributed by atoms with van der Waals surface area (Å²) in [5.74, 6) is 3.10. The van der Waals surface area contributed by atoms with Gasteiger partial charge < -0.3 is 4.74 Å². The van der Waals surface area contributed by atoms with Gasteiger partial charge in [-0.2, -0.15) is 16.8 Å². The first-order valence-corrected chi connectivity index (χ1v) is 9.31. The number of rotatable bonds is 5. The maximum absolute atomic E-state index is 12.0. The summed E-state index contributed by atoms with van der Waals surface area (Å²) in [4.78, 5) is 22.1. The molecule has 0 aliphatic carbocycles. The van der Waals surface area contributed by atoms with Crippen LogP contribution in [0.2, 0.25) is 0 Å². The van der Waals surface area contributed by atoms with Gasteiger partial charge in [-0.15, -0.1) is 10.2 Å². The monoisotopic (exact) mass is 355 g/mol. The topological polar surface area (TPSA) is 79.0 Å². The number of thioether (sulfide) groups is 1. The lowest BCUT2D eigenvalue weighted by atomic mass is 10.1. The van der Waals surface area contributed by atoms with Crippen molar-refractivity contribution in [2.24, 2.45) is 20.2 Å². The third kappa shape index (κ3) is 3.54. The fourth-order valence-electron chi connectivity index (χ4n) is 2.84. The van der Waals surface area contributed by atoms with Crippen LogP contribution in [0.25, 0.3) is 5.70 Å². The maximum atomic E-state index is 12.0. The first-order valence-electron chi connectivity index (χ1n) is 8.16. The predicted molar refractivity (Wildman–Crippen MR) is 98.4 cm³/mol. The molecule has 3 heterocycles. The second-order valence-corrected chi connectivity index (χ2v) is 6.98. The average molecular weight is 355 g/mol. The number of fused-ring (bicyclic) bond motifs is 1. The number of nitrogens with zero attached hydrogens (tertiary/aromatic N) is 5. The number of hydrogen-bond acceptors (Lipinski definition) is 7. The SMILES string of the molecule is O=C1N=CN=C2N=NC(c3cccc(OCCN4CCSCC4)c3)=C12. The largest absolute Gasteiger partial charge is 0.492 e. The summed E-state index contributed by atoms with van der Waals surface area (Å²) in [6, 6.07) is 7.55. The Hall–Kier alpha value is -2.32. The highest BCUT2D eigenvalue weighted by Gasteiger charge is 2.28. The van der Waals surface area contributed by atoms with Gasteiger partial charge in [-0.1, -0.05) is 12.1 Å². The molecular weight excluding hydrogens is 338 g/mol.